The number of hydrogen-bond donors (Lipinski definition) is 0. The molecule has 3 aromatic rings. The number of furan rings is 1. The van der Waals surface area contributed by atoms with E-state index in [2.05, 4.69) is 5.10 Å². The first-order chi connectivity index (χ1) is 12.0. The van der Waals surface area contributed by atoms with E-state index in [-0.39, 0.29) is 17.4 Å². The molecule has 0 radical (unpaired) electrons. The van der Waals surface area contributed by atoms with E-state index in [0.29, 0.717) is 22.8 Å². The van der Waals surface area contributed by atoms with Crippen molar-refractivity contribution in [3.8, 4) is 5.75 Å². The molecular formula is C18H14ClFN2O3. The maximum atomic E-state index is 13.0. The van der Waals surface area contributed by atoms with Crippen LogP contribution in [-0.4, -0.2) is 15.6 Å². The van der Waals surface area contributed by atoms with Crippen LogP contribution >= 0.6 is 11.6 Å². The molecule has 0 N–H and O–H groups in total. The summed E-state index contributed by atoms with van der Waals surface area (Å²) >= 11 is 5.89. The third-order valence-corrected chi connectivity index (χ3v) is 3.63. The van der Waals surface area contributed by atoms with Crippen LogP contribution in [0.5, 0.6) is 5.75 Å². The molecule has 0 amide bonds. The maximum Gasteiger partial charge on any atom is 0.189 e. The van der Waals surface area contributed by atoms with Crippen LogP contribution in [0.1, 0.15) is 21.9 Å². The van der Waals surface area contributed by atoms with E-state index in [1.165, 1.54) is 30.5 Å². The molecule has 5 nitrogen and oxygen atoms in total. The molecule has 0 spiro atoms. The number of aromatic nitrogens is 2. The van der Waals surface area contributed by atoms with Crippen molar-refractivity contribution in [2.24, 2.45) is 7.05 Å². The van der Waals surface area contributed by atoms with E-state index in [0.717, 1.165) is 0 Å². The maximum absolute atomic E-state index is 13.0. The molecule has 0 saturated carbocycles. The Morgan fingerprint density at radius 1 is 1.40 bits per heavy atom. The SMILES string of the molecule is Cn1cc(C(=O)C=Cc2ccc(COc3ccc(F)cc3Cl)o2)cn1. The minimum atomic E-state index is -0.430. The monoisotopic (exact) mass is 360 g/mol. The summed E-state index contributed by atoms with van der Waals surface area (Å²) in [7, 11) is 1.74. The van der Waals surface area contributed by atoms with E-state index >= 15 is 0 Å². The number of benzene rings is 1. The lowest BCUT2D eigenvalue weighted by Crippen LogP contribution is -1.94. The predicted octanol–water partition coefficient (Wildman–Crippen LogP) is 4.28. The topological polar surface area (TPSA) is 57.3 Å². The Hall–Kier alpha value is -2.86. The number of rotatable bonds is 6. The second-order valence-electron chi connectivity index (χ2n) is 5.27. The van der Waals surface area contributed by atoms with E-state index in [4.69, 9.17) is 20.8 Å². The predicted molar refractivity (Wildman–Crippen MR) is 91.0 cm³/mol. The van der Waals surface area contributed by atoms with E-state index in [1.807, 2.05) is 0 Å². The van der Waals surface area contributed by atoms with Crippen molar-refractivity contribution in [3.05, 3.63) is 76.7 Å². The molecule has 0 saturated heterocycles. The van der Waals surface area contributed by atoms with Crippen molar-refractivity contribution in [2.75, 3.05) is 0 Å². The molecule has 2 heterocycles. The highest BCUT2D eigenvalue weighted by Gasteiger charge is 2.07. The zero-order valence-corrected chi connectivity index (χ0v) is 14.0. The van der Waals surface area contributed by atoms with Gasteiger partial charge in [0.05, 0.1) is 16.8 Å². The lowest BCUT2D eigenvalue weighted by atomic mass is 10.2. The van der Waals surface area contributed by atoms with Gasteiger partial charge in [-0.05, 0) is 42.5 Å². The number of allylic oxidation sites excluding steroid dienone is 1. The first-order valence-corrected chi connectivity index (χ1v) is 7.77. The summed E-state index contributed by atoms with van der Waals surface area (Å²) in [6, 6.07) is 7.34. The van der Waals surface area contributed by atoms with Gasteiger partial charge in [0.2, 0.25) is 0 Å². The fraction of sp³-hybridized carbons (Fsp3) is 0.111. The van der Waals surface area contributed by atoms with Crippen molar-refractivity contribution in [1.29, 1.82) is 0 Å². The Morgan fingerprint density at radius 3 is 2.96 bits per heavy atom. The number of hydrogen-bond acceptors (Lipinski definition) is 4. The molecule has 0 aliphatic heterocycles. The van der Waals surface area contributed by atoms with Crippen molar-refractivity contribution in [3.63, 3.8) is 0 Å². The summed E-state index contributed by atoms with van der Waals surface area (Å²) in [5.74, 6) is 0.833. The van der Waals surface area contributed by atoms with Gasteiger partial charge in [0.15, 0.2) is 5.78 Å². The largest absolute Gasteiger partial charge is 0.484 e. The highest BCUT2D eigenvalue weighted by atomic mass is 35.5. The van der Waals surface area contributed by atoms with Gasteiger partial charge in [-0.2, -0.15) is 5.10 Å². The molecule has 0 aliphatic rings. The van der Waals surface area contributed by atoms with Crippen LogP contribution in [0.4, 0.5) is 4.39 Å². The molecule has 25 heavy (non-hydrogen) atoms. The summed E-state index contributed by atoms with van der Waals surface area (Å²) in [6.45, 7) is 0.135. The van der Waals surface area contributed by atoms with Gasteiger partial charge >= 0.3 is 0 Å². The second kappa shape index (κ2) is 7.36. The van der Waals surface area contributed by atoms with Crippen LogP contribution in [0.2, 0.25) is 5.02 Å². The van der Waals surface area contributed by atoms with Gasteiger partial charge in [-0.1, -0.05) is 11.6 Å². The minimum absolute atomic E-state index is 0.135. The number of ether oxygens (including phenoxy) is 1. The van der Waals surface area contributed by atoms with Crippen LogP contribution in [0.3, 0.4) is 0 Å². The molecular weight excluding hydrogens is 347 g/mol. The molecule has 0 bridgehead atoms. The first-order valence-electron chi connectivity index (χ1n) is 7.39. The molecule has 0 unspecified atom stereocenters. The van der Waals surface area contributed by atoms with Crippen molar-refractivity contribution >= 4 is 23.5 Å². The summed E-state index contributed by atoms with van der Waals surface area (Å²) in [5.41, 5.74) is 0.500. The number of halogens is 2. The molecule has 128 valence electrons. The van der Waals surface area contributed by atoms with Crippen LogP contribution in [0.15, 0.2) is 53.2 Å². The van der Waals surface area contributed by atoms with Gasteiger partial charge in [0.25, 0.3) is 0 Å². The summed E-state index contributed by atoms with van der Waals surface area (Å²) < 4.78 is 25.6. The van der Waals surface area contributed by atoms with Crippen LogP contribution in [0, 0.1) is 5.82 Å². The summed E-state index contributed by atoms with van der Waals surface area (Å²) in [4.78, 5) is 12.0. The number of carbonyl (C=O) groups excluding carboxylic acids is 1. The summed E-state index contributed by atoms with van der Waals surface area (Å²) in [5, 5.41) is 4.14. The number of aryl methyl sites for hydroxylation is 1. The Bertz CT molecular complexity index is 930. The first kappa shape index (κ1) is 17.0. The average molecular weight is 361 g/mol. The van der Waals surface area contributed by atoms with Crippen LogP contribution in [0.25, 0.3) is 6.08 Å². The van der Waals surface area contributed by atoms with Gasteiger partial charge in [0, 0.05) is 13.2 Å². The van der Waals surface area contributed by atoms with Gasteiger partial charge in [0.1, 0.15) is 29.7 Å². The summed E-state index contributed by atoms with van der Waals surface area (Å²) in [6.07, 6.45) is 6.13. The molecule has 1 aromatic carbocycles. The van der Waals surface area contributed by atoms with E-state index < -0.39 is 5.82 Å². The van der Waals surface area contributed by atoms with Gasteiger partial charge < -0.3 is 9.15 Å². The fourth-order valence-corrected chi connectivity index (χ4v) is 2.33. The molecule has 2 aromatic heterocycles. The lowest BCUT2D eigenvalue weighted by Gasteiger charge is -2.05. The number of nitrogens with zero attached hydrogens (tertiary/aromatic N) is 2. The highest BCUT2D eigenvalue weighted by molar-refractivity contribution is 6.32. The van der Waals surface area contributed by atoms with Crippen LogP contribution < -0.4 is 4.74 Å². The van der Waals surface area contributed by atoms with Gasteiger partial charge in [-0.15, -0.1) is 0 Å². The molecule has 0 aliphatic carbocycles. The third kappa shape index (κ3) is 4.36. The molecule has 0 fully saturated rings. The Kier molecular flexibility index (Phi) is 5.00. The quantitative estimate of drug-likeness (QED) is 0.486. The smallest absolute Gasteiger partial charge is 0.189 e. The Morgan fingerprint density at radius 2 is 2.24 bits per heavy atom. The van der Waals surface area contributed by atoms with Crippen molar-refractivity contribution in [2.45, 2.75) is 6.61 Å². The average Bonchev–Trinajstić information content (AvgIpc) is 3.21. The Balaban J connectivity index is 1.60. The van der Waals surface area contributed by atoms with Gasteiger partial charge in [-0.3, -0.25) is 9.48 Å². The van der Waals surface area contributed by atoms with Gasteiger partial charge in [-0.25, -0.2) is 4.39 Å². The molecule has 3 rings (SSSR count). The van der Waals surface area contributed by atoms with Crippen molar-refractivity contribution in [1.82, 2.24) is 9.78 Å². The normalized spacial score (nSPS) is 11.2. The number of carbonyl (C=O) groups is 1. The van der Waals surface area contributed by atoms with Crippen LogP contribution in [-0.2, 0) is 13.7 Å². The zero-order valence-electron chi connectivity index (χ0n) is 13.3. The highest BCUT2D eigenvalue weighted by Crippen LogP contribution is 2.26. The third-order valence-electron chi connectivity index (χ3n) is 3.33. The standard InChI is InChI=1S/C18H14ClFN2O3/c1-22-10-12(9-21-22)17(23)6-5-14-3-4-15(25-14)11-24-18-7-2-13(20)8-16(18)19/h2-10H,11H2,1H3. The lowest BCUT2D eigenvalue weighted by molar-refractivity contribution is 0.104. The molecule has 0 atom stereocenters. The molecule has 7 heteroatoms. The fourth-order valence-electron chi connectivity index (χ4n) is 2.11. The second-order valence-corrected chi connectivity index (χ2v) is 5.67. The minimum Gasteiger partial charge on any atom is -0.484 e. The van der Waals surface area contributed by atoms with E-state index in [9.17, 15) is 9.18 Å². The van der Waals surface area contributed by atoms with E-state index in [1.54, 1.807) is 36.1 Å². The zero-order chi connectivity index (χ0) is 17.8. The Labute approximate surface area is 148 Å². The number of ketones is 1. The van der Waals surface area contributed by atoms with Crippen molar-refractivity contribution < 1.29 is 18.3 Å².